The van der Waals surface area contributed by atoms with Crippen LogP contribution in [-0.4, -0.2) is 31.0 Å². The third-order valence-corrected chi connectivity index (χ3v) is 4.02. The molecule has 0 spiro atoms. The first kappa shape index (κ1) is 17.0. The second kappa shape index (κ2) is 6.59. The van der Waals surface area contributed by atoms with E-state index in [1.165, 1.54) is 6.92 Å². The predicted molar refractivity (Wildman–Crippen MR) is 69.8 cm³/mol. The molecule has 0 aliphatic heterocycles. The molecule has 0 amide bonds. The van der Waals surface area contributed by atoms with E-state index in [1.807, 2.05) is 0 Å². The van der Waals surface area contributed by atoms with Crippen LogP contribution in [0.15, 0.2) is 17.0 Å². The van der Waals surface area contributed by atoms with Gasteiger partial charge in [-0.05, 0) is 25.0 Å². The number of aryl methyl sites for hydroxylation is 1. The first-order chi connectivity index (χ1) is 9.65. The third-order valence-electron chi connectivity index (χ3n) is 2.58. The minimum absolute atomic E-state index is 0.0663. The summed E-state index contributed by atoms with van der Waals surface area (Å²) in [7, 11) is -4.07. The van der Waals surface area contributed by atoms with Crippen molar-refractivity contribution in [2.24, 2.45) is 0 Å². The van der Waals surface area contributed by atoms with Crippen LogP contribution in [0.3, 0.4) is 0 Å². The number of sulfonamides is 1. The Bertz CT molecular complexity index is 674. The van der Waals surface area contributed by atoms with Crippen molar-refractivity contribution >= 4 is 21.7 Å². The summed E-state index contributed by atoms with van der Waals surface area (Å²) in [6, 6.07) is 1.60. The van der Waals surface area contributed by atoms with E-state index in [0.717, 1.165) is 6.07 Å². The SMILES string of the molecule is Cc1cc(S(=O)(=O)NCCCC(=O)O)cc([N+](=O)[O-])c1F. The average Bonchev–Trinajstić information content (AvgIpc) is 2.37. The van der Waals surface area contributed by atoms with Gasteiger partial charge < -0.3 is 5.11 Å². The molecule has 0 radical (unpaired) electrons. The van der Waals surface area contributed by atoms with Gasteiger partial charge in [-0.25, -0.2) is 13.1 Å². The Labute approximate surface area is 119 Å². The highest BCUT2D eigenvalue weighted by atomic mass is 32.2. The Balaban J connectivity index is 2.98. The van der Waals surface area contributed by atoms with Gasteiger partial charge in [0.1, 0.15) is 0 Å². The molecule has 0 bridgehead atoms. The van der Waals surface area contributed by atoms with Crippen LogP contribution in [-0.2, 0) is 14.8 Å². The highest BCUT2D eigenvalue weighted by molar-refractivity contribution is 7.89. The van der Waals surface area contributed by atoms with Gasteiger partial charge in [-0.15, -0.1) is 0 Å². The second-order valence-corrected chi connectivity index (χ2v) is 5.99. The molecule has 116 valence electrons. The molecule has 21 heavy (non-hydrogen) atoms. The molecule has 0 fully saturated rings. The average molecular weight is 320 g/mol. The van der Waals surface area contributed by atoms with Gasteiger partial charge in [-0.3, -0.25) is 14.9 Å². The zero-order chi connectivity index (χ0) is 16.2. The Morgan fingerprint density at radius 1 is 1.48 bits per heavy atom. The van der Waals surface area contributed by atoms with Crippen LogP contribution in [0.1, 0.15) is 18.4 Å². The lowest BCUT2D eigenvalue weighted by Gasteiger charge is -2.07. The van der Waals surface area contributed by atoms with E-state index in [2.05, 4.69) is 4.72 Å². The summed E-state index contributed by atoms with van der Waals surface area (Å²) in [6.07, 6.45) is -0.151. The molecule has 0 aliphatic carbocycles. The minimum Gasteiger partial charge on any atom is -0.481 e. The molecule has 0 unspecified atom stereocenters. The Kier molecular flexibility index (Phi) is 5.33. The highest BCUT2D eigenvalue weighted by Gasteiger charge is 2.23. The summed E-state index contributed by atoms with van der Waals surface area (Å²) >= 11 is 0. The van der Waals surface area contributed by atoms with Gasteiger partial charge in [-0.1, -0.05) is 0 Å². The molecule has 0 saturated carbocycles. The van der Waals surface area contributed by atoms with Gasteiger partial charge in [0, 0.05) is 19.0 Å². The van der Waals surface area contributed by atoms with Crippen LogP contribution < -0.4 is 4.72 Å². The molecular weight excluding hydrogens is 307 g/mol. The van der Waals surface area contributed by atoms with E-state index in [1.54, 1.807) is 0 Å². The Morgan fingerprint density at radius 3 is 2.62 bits per heavy atom. The van der Waals surface area contributed by atoms with Crippen molar-refractivity contribution in [1.82, 2.24) is 4.72 Å². The number of carboxylic acids is 1. The first-order valence-electron chi connectivity index (χ1n) is 5.81. The second-order valence-electron chi connectivity index (χ2n) is 4.23. The van der Waals surface area contributed by atoms with E-state index < -0.39 is 37.3 Å². The van der Waals surface area contributed by atoms with E-state index in [-0.39, 0.29) is 24.9 Å². The minimum atomic E-state index is -4.07. The zero-order valence-electron chi connectivity index (χ0n) is 11.0. The zero-order valence-corrected chi connectivity index (χ0v) is 11.8. The van der Waals surface area contributed by atoms with Crippen LogP contribution >= 0.6 is 0 Å². The summed E-state index contributed by atoms with van der Waals surface area (Å²) < 4.78 is 39.4. The molecule has 1 aromatic rings. The Morgan fingerprint density at radius 2 is 2.10 bits per heavy atom. The molecular formula is C11H13FN2O6S. The summed E-state index contributed by atoms with van der Waals surface area (Å²) in [6.45, 7) is 1.07. The van der Waals surface area contributed by atoms with Gasteiger partial charge in [0.25, 0.3) is 0 Å². The van der Waals surface area contributed by atoms with Crippen LogP contribution in [0.5, 0.6) is 0 Å². The van der Waals surface area contributed by atoms with Gasteiger partial charge in [0.15, 0.2) is 0 Å². The fourth-order valence-electron chi connectivity index (χ4n) is 1.54. The Hall–Kier alpha value is -2.07. The summed E-state index contributed by atoms with van der Waals surface area (Å²) in [4.78, 5) is 19.5. The van der Waals surface area contributed by atoms with Crippen LogP contribution in [0.25, 0.3) is 0 Å². The summed E-state index contributed by atoms with van der Waals surface area (Å²) in [5, 5.41) is 19.1. The molecule has 0 aliphatic rings. The molecule has 2 N–H and O–H groups in total. The highest BCUT2D eigenvalue weighted by Crippen LogP contribution is 2.24. The number of nitro benzene ring substituents is 1. The lowest BCUT2D eigenvalue weighted by Crippen LogP contribution is -2.25. The van der Waals surface area contributed by atoms with Crippen LogP contribution in [0.4, 0.5) is 10.1 Å². The maximum atomic E-state index is 13.5. The number of rotatable bonds is 7. The number of carbonyl (C=O) groups is 1. The standard InChI is InChI=1S/C11H13FN2O6S/c1-7-5-8(6-9(11(7)12)14(17)18)21(19,20)13-4-2-3-10(15)16/h5-6,13H,2-4H2,1H3,(H,15,16). The van der Waals surface area contributed by atoms with Gasteiger partial charge in [0.2, 0.25) is 15.8 Å². The summed E-state index contributed by atoms with van der Waals surface area (Å²) in [5.74, 6) is -2.16. The largest absolute Gasteiger partial charge is 0.481 e. The lowest BCUT2D eigenvalue weighted by molar-refractivity contribution is -0.387. The number of nitrogens with one attached hydrogen (secondary N) is 1. The topological polar surface area (TPSA) is 127 Å². The fraction of sp³-hybridized carbons (Fsp3) is 0.364. The predicted octanol–water partition coefficient (Wildman–Crippen LogP) is 1.19. The van der Waals surface area contributed by atoms with Crippen molar-refractivity contribution in [2.45, 2.75) is 24.7 Å². The molecule has 0 heterocycles. The van der Waals surface area contributed by atoms with Crippen molar-refractivity contribution in [1.29, 1.82) is 0 Å². The lowest BCUT2D eigenvalue weighted by atomic mass is 10.2. The number of hydrogen-bond acceptors (Lipinski definition) is 5. The number of aliphatic carboxylic acids is 1. The number of hydrogen-bond donors (Lipinski definition) is 2. The first-order valence-corrected chi connectivity index (χ1v) is 7.29. The van der Waals surface area contributed by atoms with Crippen molar-refractivity contribution in [3.05, 3.63) is 33.6 Å². The molecule has 8 nitrogen and oxygen atoms in total. The van der Waals surface area contributed by atoms with Crippen molar-refractivity contribution in [2.75, 3.05) is 6.54 Å². The normalized spacial score (nSPS) is 11.3. The molecule has 0 saturated heterocycles. The fourth-order valence-corrected chi connectivity index (χ4v) is 2.71. The van der Waals surface area contributed by atoms with Crippen LogP contribution in [0.2, 0.25) is 0 Å². The molecule has 1 aromatic carbocycles. The van der Waals surface area contributed by atoms with E-state index >= 15 is 0 Å². The van der Waals surface area contributed by atoms with E-state index in [4.69, 9.17) is 5.11 Å². The third kappa shape index (κ3) is 4.46. The van der Waals surface area contributed by atoms with E-state index in [0.29, 0.717) is 6.07 Å². The quantitative estimate of drug-likeness (QED) is 0.441. The van der Waals surface area contributed by atoms with Gasteiger partial charge >= 0.3 is 11.7 Å². The number of nitrogens with zero attached hydrogens (tertiary/aromatic N) is 1. The van der Waals surface area contributed by atoms with Gasteiger partial charge in [-0.2, -0.15) is 4.39 Å². The molecule has 1 rings (SSSR count). The summed E-state index contributed by atoms with van der Waals surface area (Å²) in [5.41, 5.74) is -1.10. The van der Waals surface area contributed by atoms with Crippen molar-refractivity contribution < 1.29 is 27.6 Å². The number of nitro groups is 1. The van der Waals surface area contributed by atoms with Crippen molar-refractivity contribution in [3.8, 4) is 0 Å². The number of carboxylic acid groups (broad SMARTS) is 1. The smallest absolute Gasteiger partial charge is 0.306 e. The van der Waals surface area contributed by atoms with E-state index in [9.17, 15) is 27.7 Å². The number of benzene rings is 1. The van der Waals surface area contributed by atoms with Crippen molar-refractivity contribution in [3.63, 3.8) is 0 Å². The maximum absolute atomic E-state index is 13.5. The van der Waals surface area contributed by atoms with Gasteiger partial charge in [0.05, 0.1) is 9.82 Å². The number of halogens is 1. The maximum Gasteiger partial charge on any atom is 0.306 e. The molecule has 10 heteroatoms. The monoisotopic (exact) mass is 320 g/mol. The van der Waals surface area contributed by atoms with Crippen LogP contribution in [0, 0.1) is 22.9 Å². The molecule has 0 aromatic heterocycles. The molecule has 0 atom stereocenters.